The van der Waals surface area contributed by atoms with Crippen LogP contribution in [-0.4, -0.2) is 72.3 Å². The molecular formula is C25H31FN4O5. The van der Waals surface area contributed by atoms with E-state index >= 15 is 0 Å². The molecule has 188 valence electrons. The number of anilines is 1. The van der Waals surface area contributed by atoms with E-state index in [0.29, 0.717) is 54.5 Å². The van der Waals surface area contributed by atoms with Crippen LogP contribution >= 0.6 is 0 Å². The number of halogens is 1. The van der Waals surface area contributed by atoms with Crippen molar-refractivity contribution >= 4 is 16.7 Å². The number of phenolic OH excluding ortho intramolecular Hbond substituents is 1. The largest absolute Gasteiger partial charge is 0.507 e. The Bertz CT molecular complexity index is 1200. The minimum absolute atomic E-state index is 0.0860. The van der Waals surface area contributed by atoms with Crippen molar-refractivity contribution in [2.24, 2.45) is 5.92 Å². The first-order valence-electron chi connectivity index (χ1n) is 11.4. The number of methoxy groups -OCH3 is 2. The molecule has 1 aliphatic rings. The Hall–Kier alpha value is -3.21. The Labute approximate surface area is 203 Å². The number of nitrogens with zero attached hydrogens (tertiary/aromatic N) is 2. The van der Waals surface area contributed by atoms with Gasteiger partial charge in [-0.25, -0.2) is 14.4 Å². The molecule has 0 radical (unpaired) electrons. The lowest BCUT2D eigenvalue weighted by Crippen LogP contribution is -2.42. The van der Waals surface area contributed by atoms with Crippen molar-refractivity contribution in [2.75, 3.05) is 45.8 Å². The summed E-state index contributed by atoms with van der Waals surface area (Å²) in [4.78, 5) is 9.26. The quantitative estimate of drug-likeness (QED) is 0.339. The van der Waals surface area contributed by atoms with Crippen LogP contribution in [0, 0.1) is 11.7 Å². The molecule has 1 fully saturated rings. The van der Waals surface area contributed by atoms with Gasteiger partial charge in [0, 0.05) is 43.6 Å². The summed E-state index contributed by atoms with van der Waals surface area (Å²) in [5.74, 6) is 0.833. The molecule has 0 saturated carbocycles. The smallest absolute Gasteiger partial charge is 0.165 e. The highest BCUT2D eigenvalue weighted by Gasteiger charge is 2.38. The molecule has 4 N–H and O–H groups in total. The maximum atomic E-state index is 14.0. The molecular weight excluding hydrogens is 455 g/mol. The maximum Gasteiger partial charge on any atom is 0.165 e. The Kier molecular flexibility index (Phi) is 7.25. The van der Waals surface area contributed by atoms with Crippen LogP contribution in [0.2, 0.25) is 0 Å². The Morgan fingerprint density at radius 3 is 2.63 bits per heavy atom. The number of benzene rings is 2. The fourth-order valence-electron chi connectivity index (χ4n) is 4.31. The zero-order chi connectivity index (χ0) is 25.2. The van der Waals surface area contributed by atoms with Crippen molar-refractivity contribution in [3.8, 4) is 28.6 Å². The molecule has 2 atom stereocenters. The summed E-state index contributed by atoms with van der Waals surface area (Å²) in [6.07, 6.45) is 0. The lowest BCUT2D eigenvalue weighted by atomic mass is 9.87. The fraction of sp³-hybridized carbons (Fsp3) is 0.440. The molecule has 10 heteroatoms. The minimum atomic E-state index is -0.923. The van der Waals surface area contributed by atoms with Crippen molar-refractivity contribution in [1.82, 2.24) is 15.3 Å². The highest BCUT2D eigenvalue weighted by Crippen LogP contribution is 2.38. The van der Waals surface area contributed by atoms with Crippen LogP contribution < -0.4 is 20.1 Å². The van der Waals surface area contributed by atoms with Crippen LogP contribution in [0.5, 0.6) is 17.2 Å². The van der Waals surface area contributed by atoms with Gasteiger partial charge < -0.3 is 35.1 Å². The number of ether oxygens (including phenoxy) is 3. The Morgan fingerprint density at radius 1 is 1.11 bits per heavy atom. The van der Waals surface area contributed by atoms with Gasteiger partial charge in [-0.3, -0.25) is 0 Å². The molecule has 0 aliphatic carbocycles. The molecule has 2 aromatic carbocycles. The van der Waals surface area contributed by atoms with Gasteiger partial charge in [0.05, 0.1) is 30.4 Å². The summed E-state index contributed by atoms with van der Waals surface area (Å²) < 4.78 is 30.5. The van der Waals surface area contributed by atoms with Crippen molar-refractivity contribution < 1.29 is 28.8 Å². The predicted molar refractivity (Wildman–Crippen MR) is 131 cm³/mol. The third-order valence-electron chi connectivity index (χ3n) is 6.17. The second kappa shape index (κ2) is 10.2. The standard InChI is InChI=1S/C25H31FN4O5/c1-25(2,32)17-12-27-13-19(17)29-23-15-10-21(34-4)22(35-8-7-33-3)11-18(15)28-24(30-23)16-9-14(26)5-6-20(16)31/h5-6,9-11,17,19,27,31-32H,7-8,12-13H2,1-4H3,(H,28,29,30)/t17-,19+/m0/s1. The lowest BCUT2D eigenvalue weighted by Gasteiger charge is -2.31. The molecule has 0 bridgehead atoms. The second-order valence-electron chi connectivity index (χ2n) is 9.09. The van der Waals surface area contributed by atoms with Crippen LogP contribution in [0.3, 0.4) is 0 Å². The Balaban J connectivity index is 1.85. The normalized spacial score (nSPS) is 18.1. The summed E-state index contributed by atoms with van der Waals surface area (Å²) in [7, 11) is 3.13. The van der Waals surface area contributed by atoms with Crippen molar-refractivity contribution in [3.63, 3.8) is 0 Å². The molecule has 35 heavy (non-hydrogen) atoms. The second-order valence-corrected chi connectivity index (χ2v) is 9.09. The summed E-state index contributed by atoms with van der Waals surface area (Å²) in [5.41, 5.74) is -0.246. The number of aliphatic hydroxyl groups is 1. The van der Waals surface area contributed by atoms with Crippen molar-refractivity contribution in [3.05, 3.63) is 36.1 Å². The number of nitrogens with one attached hydrogen (secondary N) is 2. The van der Waals surface area contributed by atoms with E-state index in [2.05, 4.69) is 20.6 Å². The third kappa shape index (κ3) is 5.39. The van der Waals surface area contributed by atoms with Crippen molar-refractivity contribution in [1.29, 1.82) is 0 Å². The molecule has 1 aromatic heterocycles. The third-order valence-corrected chi connectivity index (χ3v) is 6.17. The highest BCUT2D eigenvalue weighted by atomic mass is 19.1. The molecule has 0 amide bonds. The molecule has 4 rings (SSSR count). The molecule has 2 heterocycles. The average Bonchev–Trinajstić information content (AvgIpc) is 3.29. The Morgan fingerprint density at radius 2 is 1.91 bits per heavy atom. The number of rotatable bonds is 9. The molecule has 0 unspecified atom stereocenters. The van der Waals surface area contributed by atoms with E-state index in [0.717, 1.165) is 0 Å². The van der Waals surface area contributed by atoms with E-state index in [1.165, 1.54) is 18.2 Å². The first kappa shape index (κ1) is 24.9. The number of aromatic nitrogens is 2. The predicted octanol–water partition coefficient (Wildman–Crippen LogP) is 2.95. The number of hydrogen-bond donors (Lipinski definition) is 4. The van der Waals surface area contributed by atoms with E-state index in [-0.39, 0.29) is 29.1 Å². The number of fused-ring (bicyclic) bond motifs is 1. The fourth-order valence-corrected chi connectivity index (χ4v) is 4.31. The molecule has 9 nitrogen and oxygen atoms in total. The van der Waals surface area contributed by atoms with Gasteiger partial charge in [-0.1, -0.05) is 0 Å². The number of hydrogen-bond acceptors (Lipinski definition) is 9. The molecule has 3 aromatic rings. The van der Waals surface area contributed by atoms with Gasteiger partial charge in [-0.2, -0.15) is 0 Å². The number of aromatic hydroxyl groups is 1. The van der Waals surface area contributed by atoms with Gasteiger partial charge >= 0.3 is 0 Å². The van der Waals surface area contributed by atoms with Crippen LogP contribution in [-0.2, 0) is 4.74 Å². The van der Waals surface area contributed by atoms with Gasteiger partial charge in [-0.05, 0) is 38.1 Å². The van der Waals surface area contributed by atoms with Crippen LogP contribution in [0.15, 0.2) is 30.3 Å². The molecule has 1 saturated heterocycles. The topological polar surface area (TPSA) is 118 Å². The molecule has 1 aliphatic heterocycles. The zero-order valence-electron chi connectivity index (χ0n) is 20.3. The summed E-state index contributed by atoms with van der Waals surface area (Å²) in [6.45, 7) is 5.53. The summed E-state index contributed by atoms with van der Waals surface area (Å²) in [6, 6.07) is 6.99. The molecule has 0 spiro atoms. The van der Waals surface area contributed by atoms with Crippen molar-refractivity contribution in [2.45, 2.75) is 25.5 Å². The van der Waals surface area contributed by atoms with E-state index < -0.39 is 11.4 Å². The van der Waals surface area contributed by atoms with E-state index in [9.17, 15) is 14.6 Å². The van der Waals surface area contributed by atoms with Gasteiger partial charge in [-0.15, -0.1) is 0 Å². The van der Waals surface area contributed by atoms with Gasteiger partial charge in [0.1, 0.15) is 24.0 Å². The summed E-state index contributed by atoms with van der Waals surface area (Å²) in [5, 5.41) is 28.5. The van der Waals surface area contributed by atoms with Gasteiger partial charge in [0.25, 0.3) is 0 Å². The summed E-state index contributed by atoms with van der Waals surface area (Å²) >= 11 is 0. The van der Waals surface area contributed by atoms with Gasteiger partial charge in [0.2, 0.25) is 0 Å². The van der Waals surface area contributed by atoms with Crippen LogP contribution in [0.25, 0.3) is 22.3 Å². The first-order chi connectivity index (χ1) is 16.7. The van der Waals surface area contributed by atoms with Crippen LogP contribution in [0.1, 0.15) is 13.8 Å². The first-order valence-corrected chi connectivity index (χ1v) is 11.4. The highest BCUT2D eigenvalue weighted by molar-refractivity contribution is 5.93. The van der Waals surface area contributed by atoms with E-state index in [1.54, 1.807) is 40.2 Å². The maximum absolute atomic E-state index is 14.0. The van der Waals surface area contributed by atoms with E-state index in [4.69, 9.17) is 14.2 Å². The monoisotopic (exact) mass is 486 g/mol. The number of phenols is 1. The SMILES string of the molecule is COCCOc1cc2nc(-c3cc(F)ccc3O)nc(N[C@@H]3CNC[C@@H]3C(C)(C)O)c2cc1OC. The average molecular weight is 487 g/mol. The lowest BCUT2D eigenvalue weighted by molar-refractivity contribution is 0.0219. The minimum Gasteiger partial charge on any atom is -0.507 e. The van der Waals surface area contributed by atoms with Crippen LogP contribution in [0.4, 0.5) is 10.2 Å². The van der Waals surface area contributed by atoms with Gasteiger partial charge in [0.15, 0.2) is 17.3 Å². The zero-order valence-corrected chi connectivity index (χ0v) is 20.3. The van der Waals surface area contributed by atoms with E-state index in [1.807, 2.05) is 0 Å².